The first-order valence-corrected chi connectivity index (χ1v) is 7.25. The Kier molecular flexibility index (Phi) is 8.63. The molecule has 3 heteroatoms. The van der Waals surface area contributed by atoms with Crippen LogP contribution in [0.3, 0.4) is 0 Å². The summed E-state index contributed by atoms with van der Waals surface area (Å²) in [6.07, 6.45) is 2.97. The largest absolute Gasteiger partial charge is 0.393 e. The smallest absolute Gasteiger partial charge is 0.161 e. The van der Waals surface area contributed by atoms with E-state index in [0.717, 1.165) is 25.3 Å². The Morgan fingerprint density at radius 3 is 2.10 bits per heavy atom. The van der Waals surface area contributed by atoms with Gasteiger partial charge in [0.1, 0.15) is 0 Å². The number of aliphatic hydroxyl groups excluding tert-OH is 1. The van der Waals surface area contributed by atoms with E-state index in [1.807, 2.05) is 6.92 Å². The molecule has 0 aromatic rings. The van der Waals surface area contributed by atoms with Gasteiger partial charge in [-0.05, 0) is 55.6 Å². The highest BCUT2D eigenvalue weighted by Crippen LogP contribution is 2.30. The van der Waals surface area contributed by atoms with Crippen LogP contribution in [-0.4, -0.2) is 11.2 Å². The SMILES string of the molecule is C=C/C(F)=C(/F)C(=C)C(C)CCC(C)C(C)CC(C)O. The summed E-state index contributed by atoms with van der Waals surface area (Å²) in [5, 5.41) is 9.38. The highest BCUT2D eigenvalue weighted by atomic mass is 19.2. The Balaban J connectivity index is 4.39. The second-order valence-electron chi connectivity index (χ2n) is 5.91. The van der Waals surface area contributed by atoms with Crippen LogP contribution in [0.15, 0.2) is 36.5 Å². The first-order chi connectivity index (χ1) is 9.20. The van der Waals surface area contributed by atoms with Gasteiger partial charge in [-0.15, -0.1) is 0 Å². The van der Waals surface area contributed by atoms with Crippen molar-refractivity contribution in [1.29, 1.82) is 0 Å². The third-order valence-electron chi connectivity index (χ3n) is 4.01. The van der Waals surface area contributed by atoms with E-state index < -0.39 is 11.7 Å². The van der Waals surface area contributed by atoms with Crippen LogP contribution in [0.25, 0.3) is 0 Å². The molecule has 0 aliphatic carbocycles. The number of hydrogen-bond donors (Lipinski definition) is 1. The fraction of sp³-hybridized carbons (Fsp3) is 0.647. The van der Waals surface area contributed by atoms with Crippen LogP contribution in [0.5, 0.6) is 0 Å². The van der Waals surface area contributed by atoms with Gasteiger partial charge in [-0.1, -0.05) is 33.9 Å². The van der Waals surface area contributed by atoms with Gasteiger partial charge in [0.2, 0.25) is 0 Å². The molecule has 0 aromatic heterocycles. The summed E-state index contributed by atoms with van der Waals surface area (Å²) in [6.45, 7) is 14.7. The van der Waals surface area contributed by atoms with E-state index in [1.54, 1.807) is 6.92 Å². The zero-order valence-corrected chi connectivity index (χ0v) is 13.1. The third-order valence-corrected chi connectivity index (χ3v) is 4.01. The van der Waals surface area contributed by atoms with Crippen molar-refractivity contribution in [2.45, 2.75) is 53.1 Å². The van der Waals surface area contributed by atoms with Gasteiger partial charge in [-0.2, -0.15) is 0 Å². The summed E-state index contributed by atoms with van der Waals surface area (Å²) in [7, 11) is 0. The highest BCUT2D eigenvalue weighted by Gasteiger charge is 2.19. The Morgan fingerprint density at radius 1 is 1.10 bits per heavy atom. The lowest BCUT2D eigenvalue weighted by Crippen LogP contribution is -2.15. The minimum absolute atomic E-state index is 0.109. The van der Waals surface area contributed by atoms with E-state index in [1.165, 1.54) is 0 Å². The van der Waals surface area contributed by atoms with Crippen molar-refractivity contribution in [2.75, 3.05) is 0 Å². The van der Waals surface area contributed by atoms with Crippen molar-refractivity contribution in [2.24, 2.45) is 17.8 Å². The first kappa shape index (κ1) is 19.0. The molecule has 0 saturated carbocycles. The van der Waals surface area contributed by atoms with E-state index in [2.05, 4.69) is 27.0 Å². The molecule has 0 aliphatic rings. The molecule has 0 amide bonds. The standard InChI is InChI=1S/C17H28F2O/c1-7-16(18)17(19)15(6)12(3)9-8-11(2)13(4)10-14(5)20/h7,11-14,20H,1,6,8-10H2,2-5H3/b17-16-. The molecule has 0 rings (SSSR count). The number of halogens is 2. The number of allylic oxidation sites excluding steroid dienone is 4. The summed E-state index contributed by atoms with van der Waals surface area (Å²) >= 11 is 0. The lowest BCUT2D eigenvalue weighted by molar-refractivity contribution is 0.145. The van der Waals surface area contributed by atoms with Crippen LogP contribution >= 0.6 is 0 Å². The molecule has 0 saturated heterocycles. The van der Waals surface area contributed by atoms with E-state index in [9.17, 15) is 13.9 Å². The Morgan fingerprint density at radius 2 is 1.65 bits per heavy atom. The van der Waals surface area contributed by atoms with Gasteiger partial charge in [0.15, 0.2) is 11.7 Å². The zero-order chi connectivity index (χ0) is 15.9. The van der Waals surface area contributed by atoms with Crippen LogP contribution < -0.4 is 0 Å². The van der Waals surface area contributed by atoms with Gasteiger partial charge in [0.25, 0.3) is 0 Å². The van der Waals surface area contributed by atoms with Crippen molar-refractivity contribution in [3.63, 3.8) is 0 Å². The minimum Gasteiger partial charge on any atom is -0.393 e. The maximum atomic E-state index is 13.6. The average Bonchev–Trinajstić information content (AvgIpc) is 2.40. The molecule has 4 unspecified atom stereocenters. The summed E-state index contributed by atoms with van der Waals surface area (Å²) < 4.78 is 26.7. The van der Waals surface area contributed by atoms with Crippen molar-refractivity contribution in [3.05, 3.63) is 36.5 Å². The fourth-order valence-corrected chi connectivity index (χ4v) is 2.20. The lowest BCUT2D eigenvalue weighted by atomic mass is 9.84. The van der Waals surface area contributed by atoms with E-state index in [4.69, 9.17) is 0 Å². The second-order valence-corrected chi connectivity index (χ2v) is 5.91. The minimum atomic E-state index is -0.947. The maximum absolute atomic E-state index is 13.6. The average molecular weight is 286 g/mol. The lowest BCUT2D eigenvalue weighted by Gasteiger charge is -2.23. The number of hydrogen-bond acceptors (Lipinski definition) is 1. The normalized spacial score (nSPS) is 18.8. The maximum Gasteiger partial charge on any atom is 0.161 e. The Labute approximate surface area is 122 Å². The summed E-state index contributed by atoms with van der Waals surface area (Å²) in [5.74, 6) is -1.12. The molecule has 0 bridgehead atoms. The van der Waals surface area contributed by atoms with Crippen molar-refractivity contribution < 1.29 is 13.9 Å². The highest BCUT2D eigenvalue weighted by molar-refractivity contribution is 5.30. The second kappa shape index (κ2) is 9.06. The van der Waals surface area contributed by atoms with Crippen LogP contribution in [0.2, 0.25) is 0 Å². The summed E-state index contributed by atoms with van der Waals surface area (Å²) in [5.41, 5.74) is 0.192. The molecule has 4 atom stereocenters. The molecule has 1 N–H and O–H groups in total. The summed E-state index contributed by atoms with van der Waals surface area (Å²) in [4.78, 5) is 0. The third kappa shape index (κ3) is 6.47. The van der Waals surface area contributed by atoms with Crippen molar-refractivity contribution in [1.82, 2.24) is 0 Å². The molecule has 0 fully saturated rings. The molecule has 0 aliphatic heterocycles. The van der Waals surface area contributed by atoms with Gasteiger partial charge in [-0.25, -0.2) is 8.78 Å². The van der Waals surface area contributed by atoms with Gasteiger partial charge >= 0.3 is 0 Å². The van der Waals surface area contributed by atoms with Crippen LogP contribution in [0.4, 0.5) is 8.78 Å². The van der Waals surface area contributed by atoms with E-state index in [0.29, 0.717) is 11.8 Å². The summed E-state index contributed by atoms with van der Waals surface area (Å²) in [6, 6.07) is 0. The van der Waals surface area contributed by atoms with Crippen molar-refractivity contribution in [3.8, 4) is 0 Å². The predicted octanol–water partition coefficient (Wildman–Crippen LogP) is 5.34. The van der Waals surface area contributed by atoms with Gasteiger partial charge < -0.3 is 5.11 Å². The molecule has 116 valence electrons. The Hall–Kier alpha value is -0.960. The molecular formula is C17H28F2O. The zero-order valence-electron chi connectivity index (χ0n) is 13.1. The molecule has 0 radical (unpaired) electrons. The monoisotopic (exact) mass is 286 g/mol. The van der Waals surface area contributed by atoms with Crippen LogP contribution in [0, 0.1) is 17.8 Å². The van der Waals surface area contributed by atoms with Crippen LogP contribution in [-0.2, 0) is 0 Å². The van der Waals surface area contributed by atoms with Crippen LogP contribution in [0.1, 0.15) is 47.0 Å². The predicted molar refractivity (Wildman–Crippen MR) is 81.6 cm³/mol. The molecule has 1 nitrogen and oxygen atoms in total. The fourth-order valence-electron chi connectivity index (χ4n) is 2.20. The van der Waals surface area contributed by atoms with E-state index in [-0.39, 0.29) is 17.6 Å². The van der Waals surface area contributed by atoms with Gasteiger partial charge in [0.05, 0.1) is 6.10 Å². The van der Waals surface area contributed by atoms with Crippen molar-refractivity contribution >= 4 is 0 Å². The molecule has 0 aromatic carbocycles. The van der Waals surface area contributed by atoms with Gasteiger partial charge in [0, 0.05) is 0 Å². The molecule has 0 heterocycles. The molecule has 20 heavy (non-hydrogen) atoms. The molecular weight excluding hydrogens is 258 g/mol. The molecule has 0 spiro atoms. The number of rotatable bonds is 9. The number of aliphatic hydroxyl groups is 1. The van der Waals surface area contributed by atoms with E-state index >= 15 is 0 Å². The quantitative estimate of drug-likeness (QED) is 0.567. The Bertz CT molecular complexity index is 358. The first-order valence-electron chi connectivity index (χ1n) is 7.25. The van der Waals surface area contributed by atoms with Gasteiger partial charge in [-0.3, -0.25) is 0 Å². The topological polar surface area (TPSA) is 20.2 Å².